The summed E-state index contributed by atoms with van der Waals surface area (Å²) in [4.78, 5) is 14.5. The smallest absolute Gasteiger partial charge is 0.337 e. The monoisotopic (exact) mass is 606 g/mol. The van der Waals surface area contributed by atoms with Crippen LogP contribution in [0.3, 0.4) is 0 Å². The maximum Gasteiger partial charge on any atom is 0.337 e. The molecule has 10 heteroatoms. The van der Waals surface area contributed by atoms with Crippen molar-refractivity contribution < 1.29 is 27.1 Å². The van der Waals surface area contributed by atoms with E-state index in [4.69, 9.17) is 9.47 Å². The number of esters is 1. The van der Waals surface area contributed by atoms with E-state index in [0.29, 0.717) is 49.3 Å². The van der Waals surface area contributed by atoms with Gasteiger partial charge >= 0.3 is 5.97 Å². The van der Waals surface area contributed by atoms with Crippen LogP contribution in [0.25, 0.3) is 16.2 Å². The topological polar surface area (TPSA) is 91.9 Å². The Balaban J connectivity index is 1.58. The first kappa shape index (κ1) is 30.7. The van der Waals surface area contributed by atoms with Gasteiger partial charge in [-0.1, -0.05) is 29.8 Å². The molecule has 2 heterocycles. The Bertz CT molecular complexity index is 1700. The largest absolute Gasteiger partial charge is 0.658 e. The van der Waals surface area contributed by atoms with E-state index in [0.717, 1.165) is 27.6 Å². The number of nitrogens with zero attached hydrogens (tertiary/aromatic N) is 3. The van der Waals surface area contributed by atoms with Crippen molar-refractivity contribution in [3.63, 3.8) is 0 Å². The van der Waals surface area contributed by atoms with E-state index in [1.807, 2.05) is 38.1 Å². The molecule has 1 aromatic heterocycles. The maximum absolute atomic E-state index is 14.5. The SMILES string of the molecule is COC(=O)c1ccc(C2C[N-]C[C@@H](F)CCCN2Cc2c(OC)cc(C)c3c2ccn3S(=O)(=O)c2ccc(C)cc2)cc1. The van der Waals surface area contributed by atoms with E-state index < -0.39 is 22.2 Å². The molecule has 0 aliphatic carbocycles. The summed E-state index contributed by atoms with van der Waals surface area (Å²) in [5, 5.41) is 5.34. The third-order valence-corrected chi connectivity index (χ3v) is 9.79. The molecule has 1 unspecified atom stereocenters. The minimum atomic E-state index is -3.85. The number of rotatable bonds is 7. The second kappa shape index (κ2) is 12.9. The van der Waals surface area contributed by atoms with Crippen LogP contribution in [-0.2, 0) is 21.3 Å². The van der Waals surface area contributed by atoms with Crippen molar-refractivity contribution in [3.05, 3.63) is 100.0 Å². The van der Waals surface area contributed by atoms with E-state index in [1.54, 1.807) is 49.7 Å². The fraction of sp³-hybridized carbons (Fsp3) is 0.364. The van der Waals surface area contributed by atoms with Gasteiger partial charge in [0, 0.05) is 29.7 Å². The molecule has 8 nitrogen and oxygen atoms in total. The lowest BCUT2D eigenvalue weighted by Crippen LogP contribution is -2.31. The number of halogens is 1. The summed E-state index contributed by atoms with van der Waals surface area (Å²) in [6.07, 6.45) is 1.64. The number of carbonyl (C=O) groups is 1. The van der Waals surface area contributed by atoms with Gasteiger partial charge in [-0.15, -0.1) is 13.1 Å². The predicted octanol–water partition coefficient (Wildman–Crippen LogP) is 6.34. The minimum absolute atomic E-state index is 0.141. The second-order valence-corrected chi connectivity index (χ2v) is 12.8. The minimum Gasteiger partial charge on any atom is -0.658 e. The number of ether oxygens (including phenoxy) is 2. The molecule has 1 saturated heterocycles. The normalized spacial score (nSPS) is 18.5. The molecule has 0 amide bonds. The van der Waals surface area contributed by atoms with Crippen LogP contribution in [0.5, 0.6) is 5.75 Å². The van der Waals surface area contributed by atoms with Crippen LogP contribution in [0.15, 0.2) is 71.8 Å². The maximum atomic E-state index is 14.5. The van der Waals surface area contributed by atoms with Crippen molar-refractivity contribution in [2.75, 3.05) is 33.9 Å². The van der Waals surface area contributed by atoms with Crippen molar-refractivity contribution >= 4 is 26.9 Å². The molecule has 0 saturated carbocycles. The molecular formula is C33H37FN3O5S-. The molecule has 0 spiro atoms. The summed E-state index contributed by atoms with van der Waals surface area (Å²) < 4.78 is 54.0. The quantitative estimate of drug-likeness (QED) is 0.228. The van der Waals surface area contributed by atoms with Gasteiger partial charge in [0.1, 0.15) is 5.75 Å². The van der Waals surface area contributed by atoms with Gasteiger partial charge in [0.25, 0.3) is 10.0 Å². The van der Waals surface area contributed by atoms with Crippen LogP contribution in [-0.4, -0.2) is 63.3 Å². The number of aryl methyl sites for hydroxylation is 2. The van der Waals surface area contributed by atoms with Crippen molar-refractivity contribution in [2.24, 2.45) is 0 Å². The Morgan fingerprint density at radius 3 is 2.42 bits per heavy atom. The van der Waals surface area contributed by atoms with Crippen LogP contribution < -0.4 is 4.74 Å². The highest BCUT2D eigenvalue weighted by atomic mass is 32.2. The predicted molar refractivity (Wildman–Crippen MR) is 165 cm³/mol. The van der Waals surface area contributed by atoms with Crippen LogP contribution in [0.4, 0.5) is 4.39 Å². The Labute approximate surface area is 252 Å². The number of hydrogen-bond donors (Lipinski definition) is 0. The summed E-state index contributed by atoms with van der Waals surface area (Å²) in [7, 11) is -0.901. The molecule has 3 aromatic carbocycles. The molecule has 1 aliphatic rings. The Morgan fingerprint density at radius 2 is 1.74 bits per heavy atom. The third-order valence-electron chi connectivity index (χ3n) is 8.10. The number of carbonyl (C=O) groups excluding carboxylic acids is 1. The molecule has 5 rings (SSSR count). The van der Waals surface area contributed by atoms with Gasteiger partial charge in [-0.3, -0.25) is 4.90 Å². The summed E-state index contributed by atoms with van der Waals surface area (Å²) in [6, 6.07) is 17.5. The molecule has 0 N–H and O–H groups in total. The highest BCUT2D eigenvalue weighted by Crippen LogP contribution is 2.37. The number of aromatic nitrogens is 1. The van der Waals surface area contributed by atoms with Gasteiger partial charge in [-0.05, 0) is 80.8 Å². The lowest BCUT2D eigenvalue weighted by Gasteiger charge is -2.36. The van der Waals surface area contributed by atoms with Crippen LogP contribution >= 0.6 is 0 Å². The molecule has 4 aromatic rings. The number of benzene rings is 3. The molecule has 228 valence electrons. The fourth-order valence-electron chi connectivity index (χ4n) is 5.78. The van der Waals surface area contributed by atoms with Crippen molar-refractivity contribution in [2.45, 2.75) is 50.3 Å². The van der Waals surface area contributed by atoms with Crippen LogP contribution in [0.2, 0.25) is 0 Å². The first-order valence-corrected chi connectivity index (χ1v) is 15.8. The molecule has 0 bridgehead atoms. The lowest BCUT2D eigenvalue weighted by atomic mass is 10.00. The van der Waals surface area contributed by atoms with Gasteiger partial charge in [0.2, 0.25) is 0 Å². The number of methoxy groups -OCH3 is 2. The zero-order valence-electron chi connectivity index (χ0n) is 24.9. The van der Waals surface area contributed by atoms with E-state index >= 15 is 0 Å². The van der Waals surface area contributed by atoms with Crippen LogP contribution in [0, 0.1) is 13.8 Å². The fourth-order valence-corrected chi connectivity index (χ4v) is 7.19. The zero-order chi connectivity index (χ0) is 30.7. The van der Waals surface area contributed by atoms with Gasteiger partial charge in [-0.2, -0.15) is 0 Å². The van der Waals surface area contributed by atoms with Gasteiger partial charge in [-0.25, -0.2) is 21.6 Å². The Morgan fingerprint density at radius 1 is 1.02 bits per heavy atom. The van der Waals surface area contributed by atoms with Crippen molar-refractivity contribution in [3.8, 4) is 5.75 Å². The zero-order valence-corrected chi connectivity index (χ0v) is 25.7. The first-order chi connectivity index (χ1) is 20.6. The van der Waals surface area contributed by atoms with Gasteiger partial charge < -0.3 is 14.8 Å². The highest BCUT2D eigenvalue weighted by molar-refractivity contribution is 7.90. The van der Waals surface area contributed by atoms with E-state index in [9.17, 15) is 17.6 Å². The first-order valence-electron chi connectivity index (χ1n) is 14.3. The van der Waals surface area contributed by atoms with Gasteiger partial charge in [0.15, 0.2) is 0 Å². The average Bonchev–Trinajstić information content (AvgIpc) is 3.49. The Hall–Kier alpha value is -3.73. The van der Waals surface area contributed by atoms with Crippen molar-refractivity contribution in [1.82, 2.24) is 8.87 Å². The Kier molecular flexibility index (Phi) is 9.19. The third kappa shape index (κ3) is 6.32. The lowest BCUT2D eigenvalue weighted by molar-refractivity contribution is 0.0600. The number of alkyl halides is 1. The van der Waals surface area contributed by atoms with E-state index in [-0.39, 0.29) is 17.5 Å². The standard InChI is InChI=1S/C33H37FN3O5S/c1-22-7-13-27(14-8-22)43(39,40)37-17-15-28-29(31(41-3)18-23(2)32(28)37)21-36-16-5-6-26(34)19-35-20-30(36)24-9-11-25(12-10-24)33(38)42-4/h7-15,17-18,26,30H,5-6,16,19-21H2,1-4H3/q-1/t26-,30?/m0/s1. The highest BCUT2D eigenvalue weighted by Gasteiger charge is 2.26. The molecule has 43 heavy (non-hydrogen) atoms. The summed E-state index contributed by atoms with van der Waals surface area (Å²) in [6.45, 7) is 5.33. The number of hydrogen-bond acceptors (Lipinski definition) is 6. The molecule has 2 atom stereocenters. The molecular weight excluding hydrogens is 569 g/mol. The summed E-state index contributed by atoms with van der Waals surface area (Å²) in [5.74, 6) is 0.232. The summed E-state index contributed by atoms with van der Waals surface area (Å²) in [5.41, 5.74) is 4.56. The molecule has 1 fully saturated rings. The van der Waals surface area contributed by atoms with E-state index in [2.05, 4.69) is 10.2 Å². The van der Waals surface area contributed by atoms with E-state index in [1.165, 1.54) is 11.1 Å². The van der Waals surface area contributed by atoms with Gasteiger partial charge in [0.05, 0.1) is 36.4 Å². The molecule has 1 aliphatic heterocycles. The van der Waals surface area contributed by atoms with Crippen molar-refractivity contribution in [1.29, 1.82) is 0 Å². The second-order valence-electron chi connectivity index (χ2n) is 11.0. The average molecular weight is 607 g/mol. The molecule has 0 radical (unpaired) electrons. The number of fused-ring (bicyclic) bond motifs is 1. The van der Waals surface area contributed by atoms with Crippen LogP contribution in [0.1, 0.15) is 51.5 Å². The summed E-state index contributed by atoms with van der Waals surface area (Å²) >= 11 is 0.